The van der Waals surface area contributed by atoms with Crippen molar-refractivity contribution in [3.8, 4) is 6.07 Å². The maximum absolute atomic E-state index is 13.1. The maximum atomic E-state index is 13.1. The third-order valence-corrected chi connectivity index (χ3v) is 1.80. The summed E-state index contributed by atoms with van der Waals surface area (Å²) >= 11 is 0. The van der Waals surface area contributed by atoms with Gasteiger partial charge in [0.15, 0.2) is 0 Å². The smallest absolute Gasteiger partial charge is 0.143 e. The lowest BCUT2D eigenvalue weighted by Crippen LogP contribution is -2.16. The summed E-state index contributed by atoms with van der Waals surface area (Å²) in [6, 6.07) is 2.21. The summed E-state index contributed by atoms with van der Waals surface area (Å²) in [4.78, 5) is 0. The van der Waals surface area contributed by atoms with Gasteiger partial charge in [0, 0.05) is 11.6 Å². The van der Waals surface area contributed by atoms with Gasteiger partial charge in [-0.05, 0) is 6.07 Å². The number of nitriles is 1. The van der Waals surface area contributed by atoms with Crippen molar-refractivity contribution in [3.63, 3.8) is 0 Å². The highest BCUT2D eigenvalue weighted by atomic mass is 19.1. The zero-order valence-electron chi connectivity index (χ0n) is 7.17. The van der Waals surface area contributed by atoms with Gasteiger partial charge in [-0.1, -0.05) is 0 Å². The fourth-order valence-electron chi connectivity index (χ4n) is 1.03. The van der Waals surface area contributed by atoms with Crippen LogP contribution in [0.2, 0.25) is 0 Å². The predicted octanol–water partition coefficient (Wildman–Crippen LogP) is 0.829. The van der Waals surface area contributed by atoms with Crippen LogP contribution in [0.5, 0.6) is 0 Å². The van der Waals surface area contributed by atoms with E-state index in [4.69, 9.17) is 16.1 Å². The van der Waals surface area contributed by atoms with Crippen LogP contribution in [-0.2, 0) is 0 Å². The van der Waals surface area contributed by atoms with E-state index in [9.17, 15) is 8.78 Å². The van der Waals surface area contributed by atoms with Gasteiger partial charge in [-0.25, -0.2) is 8.78 Å². The second kappa shape index (κ2) is 4.13. The summed E-state index contributed by atoms with van der Waals surface area (Å²) in [7, 11) is 0. The van der Waals surface area contributed by atoms with Crippen LogP contribution >= 0.6 is 0 Å². The maximum Gasteiger partial charge on any atom is 0.143 e. The fraction of sp³-hybridized carbons (Fsp3) is 0.222. The average molecular weight is 198 g/mol. The topological polar surface area (TPSA) is 70.0 Å². The number of halogens is 2. The van der Waals surface area contributed by atoms with E-state index in [1.54, 1.807) is 6.07 Å². The molecule has 0 aromatic heterocycles. The summed E-state index contributed by atoms with van der Waals surface area (Å²) in [5.41, 5.74) is 5.00. The molecular formula is C9H8F2N2O. The molecule has 74 valence electrons. The first kappa shape index (κ1) is 10.6. The Morgan fingerprint density at radius 2 is 2.07 bits per heavy atom. The lowest BCUT2D eigenvalue weighted by atomic mass is 10.0. The zero-order valence-corrected chi connectivity index (χ0v) is 7.17. The summed E-state index contributed by atoms with van der Waals surface area (Å²) in [5.74, 6) is -1.79. The second-order valence-corrected chi connectivity index (χ2v) is 2.75. The van der Waals surface area contributed by atoms with E-state index in [-0.39, 0.29) is 11.1 Å². The van der Waals surface area contributed by atoms with E-state index in [0.29, 0.717) is 6.07 Å². The van der Waals surface area contributed by atoms with Gasteiger partial charge < -0.3 is 10.8 Å². The largest absolute Gasteiger partial charge is 0.394 e. The van der Waals surface area contributed by atoms with Crippen molar-refractivity contribution in [2.75, 3.05) is 6.61 Å². The molecular weight excluding hydrogens is 190 g/mol. The Balaban J connectivity index is 3.26. The molecule has 1 atom stereocenters. The minimum atomic E-state index is -0.942. The highest BCUT2D eigenvalue weighted by Crippen LogP contribution is 2.18. The number of benzene rings is 1. The normalized spacial score (nSPS) is 12.2. The highest BCUT2D eigenvalue weighted by Gasteiger charge is 2.14. The summed E-state index contributed by atoms with van der Waals surface area (Å²) in [6.07, 6.45) is 0. The Kier molecular flexibility index (Phi) is 3.12. The van der Waals surface area contributed by atoms with Crippen LogP contribution in [0.15, 0.2) is 12.1 Å². The van der Waals surface area contributed by atoms with Gasteiger partial charge >= 0.3 is 0 Å². The number of hydrogen-bond acceptors (Lipinski definition) is 3. The van der Waals surface area contributed by atoms with Gasteiger partial charge in [0.25, 0.3) is 0 Å². The number of rotatable bonds is 2. The third-order valence-electron chi connectivity index (χ3n) is 1.80. The lowest BCUT2D eigenvalue weighted by Gasteiger charge is -2.10. The van der Waals surface area contributed by atoms with Crippen molar-refractivity contribution in [2.45, 2.75) is 6.04 Å². The number of nitrogens with two attached hydrogens (primary N) is 1. The van der Waals surface area contributed by atoms with Crippen molar-refractivity contribution >= 4 is 0 Å². The molecule has 14 heavy (non-hydrogen) atoms. The molecule has 0 aliphatic heterocycles. The van der Waals surface area contributed by atoms with Crippen LogP contribution in [0.1, 0.15) is 17.2 Å². The third kappa shape index (κ3) is 1.87. The minimum absolute atomic E-state index is 0.0644. The predicted molar refractivity (Wildman–Crippen MR) is 45.1 cm³/mol. The van der Waals surface area contributed by atoms with Crippen LogP contribution in [0.3, 0.4) is 0 Å². The molecule has 1 rings (SSSR count). The highest BCUT2D eigenvalue weighted by molar-refractivity contribution is 5.36. The van der Waals surface area contributed by atoms with E-state index in [0.717, 1.165) is 6.07 Å². The molecule has 0 saturated heterocycles. The molecule has 0 spiro atoms. The Bertz CT molecular complexity index is 387. The van der Waals surface area contributed by atoms with Crippen LogP contribution in [0.25, 0.3) is 0 Å². The summed E-state index contributed by atoms with van der Waals surface area (Å²) < 4.78 is 25.9. The number of aliphatic hydroxyl groups excluding tert-OH is 1. The molecule has 0 aliphatic rings. The van der Waals surface area contributed by atoms with Crippen molar-refractivity contribution in [2.24, 2.45) is 5.73 Å². The number of aliphatic hydroxyl groups is 1. The molecule has 1 aromatic carbocycles. The van der Waals surface area contributed by atoms with E-state index in [1.165, 1.54) is 0 Å². The average Bonchev–Trinajstić information content (AvgIpc) is 2.17. The molecule has 0 heterocycles. The molecule has 1 aromatic rings. The molecule has 3 nitrogen and oxygen atoms in total. The van der Waals surface area contributed by atoms with Crippen LogP contribution in [0.4, 0.5) is 8.78 Å². The Morgan fingerprint density at radius 1 is 1.43 bits per heavy atom. The Hall–Kier alpha value is -1.51. The van der Waals surface area contributed by atoms with Crippen LogP contribution < -0.4 is 5.73 Å². The second-order valence-electron chi connectivity index (χ2n) is 2.75. The molecule has 5 heteroatoms. The summed E-state index contributed by atoms with van der Waals surface area (Å²) in [6.45, 7) is -0.465. The van der Waals surface area contributed by atoms with Crippen LogP contribution in [0, 0.1) is 23.0 Å². The first-order valence-corrected chi connectivity index (χ1v) is 3.85. The Morgan fingerprint density at radius 3 is 2.57 bits per heavy atom. The van der Waals surface area contributed by atoms with Crippen LogP contribution in [-0.4, -0.2) is 11.7 Å². The molecule has 0 fully saturated rings. The van der Waals surface area contributed by atoms with Crippen molar-refractivity contribution < 1.29 is 13.9 Å². The molecule has 1 unspecified atom stereocenters. The number of nitrogens with zero attached hydrogens (tertiary/aromatic N) is 1. The standard InChI is InChI=1S/C9H8F2N2O/c10-7-2-8(11)6(9(13)4-14)1-5(7)3-12/h1-2,9,14H,4,13H2. The molecule has 0 radical (unpaired) electrons. The van der Waals surface area contributed by atoms with Gasteiger partial charge in [0.1, 0.15) is 17.7 Å². The molecule has 3 N–H and O–H groups in total. The van der Waals surface area contributed by atoms with Crippen molar-refractivity contribution in [1.82, 2.24) is 0 Å². The monoisotopic (exact) mass is 198 g/mol. The van der Waals surface area contributed by atoms with Gasteiger partial charge in [0.05, 0.1) is 18.2 Å². The first-order chi connectivity index (χ1) is 6.60. The Labute approximate surface area is 79.4 Å². The summed E-state index contributed by atoms with van der Waals surface area (Å²) in [5, 5.41) is 17.1. The molecule has 0 amide bonds. The van der Waals surface area contributed by atoms with Gasteiger partial charge in [0.2, 0.25) is 0 Å². The lowest BCUT2D eigenvalue weighted by molar-refractivity contribution is 0.265. The quantitative estimate of drug-likeness (QED) is 0.739. The van der Waals surface area contributed by atoms with E-state index in [1.807, 2.05) is 0 Å². The fourth-order valence-corrected chi connectivity index (χ4v) is 1.03. The molecule has 0 saturated carbocycles. The van der Waals surface area contributed by atoms with Crippen molar-refractivity contribution in [3.05, 3.63) is 34.9 Å². The number of hydrogen-bond donors (Lipinski definition) is 2. The first-order valence-electron chi connectivity index (χ1n) is 3.85. The van der Waals surface area contributed by atoms with E-state index >= 15 is 0 Å². The minimum Gasteiger partial charge on any atom is -0.394 e. The zero-order chi connectivity index (χ0) is 10.7. The van der Waals surface area contributed by atoms with E-state index < -0.39 is 24.3 Å². The van der Waals surface area contributed by atoms with Gasteiger partial charge in [-0.3, -0.25) is 0 Å². The van der Waals surface area contributed by atoms with Crippen molar-refractivity contribution in [1.29, 1.82) is 5.26 Å². The molecule has 0 bridgehead atoms. The van der Waals surface area contributed by atoms with Gasteiger partial charge in [-0.2, -0.15) is 5.26 Å². The van der Waals surface area contributed by atoms with E-state index in [2.05, 4.69) is 0 Å². The molecule has 0 aliphatic carbocycles. The SMILES string of the molecule is N#Cc1cc(C(N)CO)c(F)cc1F. The van der Waals surface area contributed by atoms with Gasteiger partial charge in [-0.15, -0.1) is 0 Å².